The fourth-order valence-corrected chi connectivity index (χ4v) is 3.66. The van der Waals surface area contributed by atoms with E-state index in [-0.39, 0.29) is 15.6 Å². The Morgan fingerprint density at radius 1 is 1.07 bits per heavy atom. The Labute approximate surface area is 171 Å². The highest BCUT2D eigenvalue weighted by molar-refractivity contribution is 7.92. The lowest BCUT2D eigenvalue weighted by Gasteiger charge is -2.10. The third-order valence-electron chi connectivity index (χ3n) is 3.80. The van der Waals surface area contributed by atoms with Crippen LogP contribution in [0.15, 0.2) is 65.7 Å². The summed E-state index contributed by atoms with van der Waals surface area (Å²) in [5, 5.41) is 2.37. The van der Waals surface area contributed by atoms with Gasteiger partial charge in [0.15, 0.2) is 0 Å². The molecule has 0 aliphatic rings. The van der Waals surface area contributed by atoms with Gasteiger partial charge in [0.2, 0.25) is 5.88 Å². The maximum atomic E-state index is 13.2. The summed E-state index contributed by atoms with van der Waals surface area (Å²) in [6.07, 6.45) is 1.45. The van der Waals surface area contributed by atoms with E-state index in [1.165, 1.54) is 37.6 Å². The van der Waals surface area contributed by atoms with Gasteiger partial charge in [-0.25, -0.2) is 17.8 Å². The van der Waals surface area contributed by atoms with Crippen molar-refractivity contribution < 1.29 is 22.3 Å². The third kappa shape index (κ3) is 5.01. The van der Waals surface area contributed by atoms with E-state index >= 15 is 0 Å². The molecule has 1 heterocycles. The normalized spacial score (nSPS) is 11.0. The molecule has 2 N–H and O–H groups in total. The van der Waals surface area contributed by atoms with Gasteiger partial charge < -0.3 is 10.1 Å². The van der Waals surface area contributed by atoms with Crippen LogP contribution in [0.3, 0.4) is 0 Å². The minimum Gasteiger partial charge on any atom is -0.481 e. The van der Waals surface area contributed by atoms with Gasteiger partial charge in [-0.2, -0.15) is 0 Å². The lowest BCUT2D eigenvalue weighted by Crippen LogP contribution is -2.14. The molecule has 0 saturated carbocycles. The summed E-state index contributed by atoms with van der Waals surface area (Å²) in [6, 6.07) is 12.1. The second-order valence-electron chi connectivity index (χ2n) is 5.80. The number of hydrogen-bond acceptors (Lipinski definition) is 5. The average Bonchev–Trinajstić information content (AvgIpc) is 2.70. The Bertz CT molecular complexity index is 1140. The van der Waals surface area contributed by atoms with Gasteiger partial charge in [0.1, 0.15) is 5.82 Å². The van der Waals surface area contributed by atoms with Crippen LogP contribution >= 0.6 is 11.6 Å². The molecule has 2 aromatic carbocycles. The number of benzene rings is 2. The summed E-state index contributed by atoms with van der Waals surface area (Å²) in [6.45, 7) is 0. The molecule has 0 fully saturated rings. The van der Waals surface area contributed by atoms with Crippen LogP contribution in [0.4, 0.5) is 15.8 Å². The number of ether oxygens (including phenoxy) is 1. The van der Waals surface area contributed by atoms with Crippen molar-refractivity contribution in [2.24, 2.45) is 0 Å². The Hall–Kier alpha value is -3.17. The predicted octanol–water partition coefficient (Wildman–Crippen LogP) is 3.94. The minimum absolute atomic E-state index is 0.183. The fourth-order valence-electron chi connectivity index (χ4n) is 2.33. The van der Waals surface area contributed by atoms with Crippen LogP contribution in [0, 0.1) is 5.82 Å². The summed E-state index contributed by atoms with van der Waals surface area (Å²) in [4.78, 5) is 16.1. The summed E-state index contributed by atoms with van der Waals surface area (Å²) in [5.74, 6) is -0.688. The molecule has 0 saturated heterocycles. The summed E-state index contributed by atoms with van der Waals surface area (Å²) in [5.41, 5.74) is 1.02. The summed E-state index contributed by atoms with van der Waals surface area (Å²) in [7, 11) is -2.48. The molecule has 29 heavy (non-hydrogen) atoms. The Morgan fingerprint density at radius 3 is 2.34 bits per heavy atom. The van der Waals surface area contributed by atoms with E-state index in [2.05, 4.69) is 15.0 Å². The van der Waals surface area contributed by atoms with Crippen molar-refractivity contribution >= 4 is 38.9 Å². The number of halogens is 2. The fraction of sp³-hybridized carbons (Fsp3) is 0.0526. The lowest BCUT2D eigenvalue weighted by atomic mass is 10.2. The number of pyridine rings is 1. The van der Waals surface area contributed by atoms with Gasteiger partial charge in [0.25, 0.3) is 15.9 Å². The van der Waals surface area contributed by atoms with Crippen molar-refractivity contribution in [2.75, 3.05) is 17.1 Å². The van der Waals surface area contributed by atoms with Gasteiger partial charge in [0.05, 0.1) is 28.9 Å². The first kappa shape index (κ1) is 20.6. The van der Waals surface area contributed by atoms with Gasteiger partial charge in [-0.15, -0.1) is 0 Å². The molecule has 3 rings (SSSR count). The van der Waals surface area contributed by atoms with E-state index in [1.54, 1.807) is 12.1 Å². The van der Waals surface area contributed by atoms with E-state index in [9.17, 15) is 17.6 Å². The molecule has 3 aromatic rings. The Morgan fingerprint density at radius 2 is 1.76 bits per heavy atom. The topological polar surface area (TPSA) is 97.4 Å². The molecule has 10 heteroatoms. The number of rotatable bonds is 6. The van der Waals surface area contributed by atoms with Gasteiger partial charge >= 0.3 is 0 Å². The highest BCUT2D eigenvalue weighted by Gasteiger charge is 2.16. The van der Waals surface area contributed by atoms with E-state index in [0.29, 0.717) is 17.1 Å². The molecule has 1 aromatic heterocycles. The average molecular weight is 436 g/mol. The smallest absolute Gasteiger partial charge is 0.261 e. The van der Waals surface area contributed by atoms with Crippen LogP contribution in [-0.4, -0.2) is 26.4 Å². The second kappa shape index (κ2) is 8.46. The zero-order valence-corrected chi connectivity index (χ0v) is 16.6. The van der Waals surface area contributed by atoms with Gasteiger partial charge in [-0.3, -0.25) is 9.52 Å². The van der Waals surface area contributed by atoms with Crippen LogP contribution in [0.1, 0.15) is 10.4 Å². The number of anilines is 2. The molecule has 1 amide bonds. The number of nitrogens with zero attached hydrogens (tertiary/aromatic N) is 1. The molecule has 0 unspecified atom stereocenters. The van der Waals surface area contributed by atoms with Crippen molar-refractivity contribution in [2.45, 2.75) is 4.90 Å². The molecule has 0 bridgehead atoms. The highest BCUT2D eigenvalue weighted by atomic mass is 35.5. The molecule has 0 aliphatic carbocycles. The van der Waals surface area contributed by atoms with Crippen LogP contribution in [-0.2, 0) is 10.0 Å². The largest absolute Gasteiger partial charge is 0.481 e. The number of carbonyl (C=O) groups excluding carboxylic acids is 1. The minimum atomic E-state index is -3.96. The summed E-state index contributed by atoms with van der Waals surface area (Å²) < 4.78 is 45.3. The third-order valence-corrected chi connectivity index (χ3v) is 5.47. The number of nitrogens with one attached hydrogen (secondary N) is 2. The maximum Gasteiger partial charge on any atom is 0.261 e. The van der Waals surface area contributed by atoms with Crippen LogP contribution in [0.5, 0.6) is 5.88 Å². The number of aromatic nitrogens is 1. The molecular weight excluding hydrogens is 421 g/mol. The number of methoxy groups -OCH3 is 1. The molecular formula is C19H15ClFN3O4S. The van der Waals surface area contributed by atoms with E-state index in [0.717, 1.165) is 18.2 Å². The molecule has 7 nitrogen and oxygen atoms in total. The maximum absolute atomic E-state index is 13.2. The molecule has 0 atom stereocenters. The van der Waals surface area contributed by atoms with Crippen LogP contribution in [0.25, 0.3) is 0 Å². The first-order valence-electron chi connectivity index (χ1n) is 8.18. The van der Waals surface area contributed by atoms with Crippen LogP contribution < -0.4 is 14.8 Å². The predicted molar refractivity (Wildman–Crippen MR) is 107 cm³/mol. The first-order valence-corrected chi connectivity index (χ1v) is 10.0. The monoisotopic (exact) mass is 435 g/mol. The number of sulfonamides is 1. The van der Waals surface area contributed by atoms with Crippen molar-refractivity contribution in [1.29, 1.82) is 0 Å². The van der Waals surface area contributed by atoms with Gasteiger partial charge in [-0.05, 0) is 48.5 Å². The van der Waals surface area contributed by atoms with E-state index in [4.69, 9.17) is 16.3 Å². The molecule has 150 valence electrons. The van der Waals surface area contributed by atoms with E-state index in [1.807, 2.05) is 0 Å². The quantitative estimate of drug-likeness (QED) is 0.611. The Balaban J connectivity index is 1.70. The highest BCUT2D eigenvalue weighted by Crippen LogP contribution is 2.22. The molecule has 0 spiro atoms. The van der Waals surface area contributed by atoms with Crippen LogP contribution in [0.2, 0.25) is 5.02 Å². The van der Waals surface area contributed by atoms with Crippen molar-refractivity contribution in [3.05, 3.63) is 77.2 Å². The van der Waals surface area contributed by atoms with Crippen molar-refractivity contribution in [1.82, 2.24) is 4.98 Å². The zero-order valence-electron chi connectivity index (χ0n) is 15.0. The summed E-state index contributed by atoms with van der Waals surface area (Å²) >= 11 is 5.64. The standard InChI is InChI=1S/C19H15ClFN3O4S/c1-28-18-9-6-14(11-22-18)23-19(25)12-2-4-13(5-3-12)24-29(26,27)15-7-8-17(21)16(20)10-15/h2-11,24H,1H3,(H,23,25). The molecule has 0 radical (unpaired) electrons. The van der Waals surface area contributed by atoms with Crippen molar-refractivity contribution in [3.63, 3.8) is 0 Å². The van der Waals surface area contributed by atoms with Gasteiger partial charge in [0, 0.05) is 17.3 Å². The molecule has 0 aliphatic heterocycles. The Kier molecular flexibility index (Phi) is 6.00. The number of hydrogen-bond donors (Lipinski definition) is 2. The van der Waals surface area contributed by atoms with E-state index < -0.39 is 21.7 Å². The number of carbonyl (C=O) groups is 1. The second-order valence-corrected chi connectivity index (χ2v) is 7.89. The van der Waals surface area contributed by atoms with Gasteiger partial charge in [-0.1, -0.05) is 11.6 Å². The zero-order chi connectivity index (χ0) is 21.0. The van der Waals surface area contributed by atoms with Crippen molar-refractivity contribution in [3.8, 4) is 5.88 Å². The lowest BCUT2D eigenvalue weighted by molar-refractivity contribution is 0.102. The first-order chi connectivity index (χ1) is 13.8. The number of amides is 1. The SMILES string of the molecule is COc1ccc(NC(=O)c2ccc(NS(=O)(=O)c3ccc(F)c(Cl)c3)cc2)cn1.